The molecule has 2 aliphatic rings. The molecule has 0 unspecified atom stereocenters. The van der Waals surface area contributed by atoms with Crippen molar-refractivity contribution < 1.29 is 9.59 Å². The number of aromatic amines is 1. The molecule has 2 aliphatic heterocycles. The van der Waals surface area contributed by atoms with E-state index in [0.29, 0.717) is 11.7 Å². The van der Waals surface area contributed by atoms with Gasteiger partial charge in [-0.1, -0.05) is 32.0 Å². The lowest BCUT2D eigenvalue weighted by molar-refractivity contribution is -0.136. The van der Waals surface area contributed by atoms with E-state index in [-0.39, 0.29) is 17.7 Å². The van der Waals surface area contributed by atoms with Gasteiger partial charge in [0, 0.05) is 43.1 Å². The maximum absolute atomic E-state index is 13.3. The fourth-order valence-electron chi connectivity index (χ4n) is 4.79. The quantitative estimate of drug-likeness (QED) is 0.770. The number of para-hydroxylation sites is 1. The van der Waals surface area contributed by atoms with Gasteiger partial charge in [0.1, 0.15) is 11.7 Å². The van der Waals surface area contributed by atoms with Crippen molar-refractivity contribution in [2.24, 2.45) is 5.92 Å². The van der Waals surface area contributed by atoms with Gasteiger partial charge in [0.2, 0.25) is 5.91 Å². The maximum Gasteiger partial charge on any atom is 0.268 e. The number of nitrogens with one attached hydrogen (secondary N) is 2. The fraction of sp³-hybridized carbons (Fsp3) is 0.583. The van der Waals surface area contributed by atoms with Gasteiger partial charge in [-0.15, -0.1) is 0 Å². The number of H-pyrrole nitrogens is 1. The van der Waals surface area contributed by atoms with Crippen molar-refractivity contribution in [3.63, 3.8) is 0 Å². The van der Waals surface area contributed by atoms with E-state index >= 15 is 0 Å². The van der Waals surface area contributed by atoms with Crippen LogP contribution in [-0.4, -0.2) is 89.9 Å². The van der Waals surface area contributed by atoms with Gasteiger partial charge in [-0.25, -0.2) is 0 Å². The van der Waals surface area contributed by atoms with E-state index in [0.717, 1.165) is 50.2 Å². The van der Waals surface area contributed by atoms with E-state index in [1.54, 1.807) is 0 Å². The molecule has 0 radical (unpaired) electrons. The smallest absolute Gasteiger partial charge is 0.268 e. The van der Waals surface area contributed by atoms with E-state index in [9.17, 15) is 9.59 Å². The zero-order chi connectivity index (χ0) is 22.0. The van der Waals surface area contributed by atoms with Gasteiger partial charge in [0.15, 0.2) is 0 Å². The Hall–Kier alpha value is -2.38. The Morgan fingerprint density at radius 2 is 1.71 bits per heavy atom. The number of piperidine rings is 1. The lowest BCUT2D eigenvalue weighted by Gasteiger charge is -2.43. The summed E-state index contributed by atoms with van der Waals surface area (Å²) in [7, 11) is 2.18. The highest BCUT2D eigenvalue weighted by atomic mass is 16.2. The normalized spacial score (nSPS) is 20.3. The minimum Gasteiger partial charge on any atom is -0.351 e. The van der Waals surface area contributed by atoms with Crippen LogP contribution in [0.3, 0.4) is 0 Å². The van der Waals surface area contributed by atoms with Gasteiger partial charge in [-0.3, -0.25) is 14.5 Å². The van der Waals surface area contributed by atoms with E-state index in [1.807, 2.05) is 49.1 Å². The highest BCUT2D eigenvalue weighted by molar-refractivity contribution is 6.00. The summed E-state index contributed by atoms with van der Waals surface area (Å²) in [6.45, 7) is 9.58. The van der Waals surface area contributed by atoms with Crippen molar-refractivity contribution in [2.45, 2.75) is 38.8 Å². The molecule has 2 fully saturated rings. The van der Waals surface area contributed by atoms with Crippen molar-refractivity contribution in [2.75, 3.05) is 46.3 Å². The standard InChI is InChI=1S/C24H35N5O2/c1-17(2)22(26-23(30)21-16-18-6-4-5-7-20(18)25-21)24(31)29-14-12-28(13-15-29)19-8-10-27(3)11-9-19/h4-7,16-17,19,22,25H,8-15H2,1-3H3,(H,26,30)/t22-/m1/s1. The van der Waals surface area contributed by atoms with Crippen molar-refractivity contribution in [3.8, 4) is 0 Å². The lowest BCUT2D eigenvalue weighted by atomic mass is 10.0. The highest BCUT2D eigenvalue weighted by Gasteiger charge is 2.33. The minimum absolute atomic E-state index is 0.0211. The topological polar surface area (TPSA) is 71.7 Å². The first-order valence-corrected chi connectivity index (χ1v) is 11.5. The van der Waals surface area contributed by atoms with Crippen molar-refractivity contribution >= 4 is 22.7 Å². The SMILES string of the molecule is CC(C)[C@@H](NC(=O)c1cc2ccccc2[nH]1)C(=O)N1CCN(C2CCN(C)CC2)CC1. The molecule has 2 saturated heterocycles. The van der Waals surface area contributed by atoms with Crippen LogP contribution >= 0.6 is 0 Å². The first-order valence-electron chi connectivity index (χ1n) is 11.5. The summed E-state index contributed by atoms with van der Waals surface area (Å²) < 4.78 is 0. The predicted molar refractivity (Wildman–Crippen MR) is 123 cm³/mol. The van der Waals surface area contributed by atoms with Crippen LogP contribution in [0.25, 0.3) is 10.9 Å². The lowest BCUT2D eigenvalue weighted by Crippen LogP contribution is -2.58. The number of carbonyl (C=O) groups excluding carboxylic acids is 2. The molecule has 2 aromatic rings. The third-order valence-corrected chi connectivity index (χ3v) is 6.82. The molecule has 0 aliphatic carbocycles. The summed E-state index contributed by atoms with van der Waals surface area (Å²) in [5.74, 6) is -0.177. The van der Waals surface area contributed by atoms with E-state index in [2.05, 4.69) is 27.1 Å². The largest absolute Gasteiger partial charge is 0.351 e. The molecular formula is C24H35N5O2. The Morgan fingerprint density at radius 1 is 1.03 bits per heavy atom. The van der Waals surface area contributed by atoms with Crippen LogP contribution in [0, 0.1) is 5.92 Å². The third kappa shape index (κ3) is 4.93. The van der Waals surface area contributed by atoms with Crippen LogP contribution in [0.4, 0.5) is 0 Å². The number of hydrogen-bond acceptors (Lipinski definition) is 4. The molecule has 1 aromatic carbocycles. The Morgan fingerprint density at radius 3 is 2.35 bits per heavy atom. The fourth-order valence-corrected chi connectivity index (χ4v) is 4.79. The third-order valence-electron chi connectivity index (χ3n) is 6.82. The second-order valence-corrected chi connectivity index (χ2v) is 9.36. The molecular weight excluding hydrogens is 390 g/mol. The monoisotopic (exact) mass is 425 g/mol. The predicted octanol–water partition coefficient (Wildman–Crippen LogP) is 2.16. The summed E-state index contributed by atoms with van der Waals surface area (Å²) >= 11 is 0. The molecule has 2 N–H and O–H groups in total. The van der Waals surface area contributed by atoms with Crippen LogP contribution in [0.5, 0.6) is 0 Å². The number of carbonyl (C=O) groups is 2. The number of piperazine rings is 1. The Balaban J connectivity index is 1.36. The average Bonchev–Trinajstić information content (AvgIpc) is 3.22. The molecule has 0 saturated carbocycles. The molecule has 31 heavy (non-hydrogen) atoms. The summed E-state index contributed by atoms with van der Waals surface area (Å²) in [6, 6.07) is 9.76. The molecule has 2 amide bonds. The van der Waals surface area contributed by atoms with Crippen molar-refractivity contribution in [3.05, 3.63) is 36.0 Å². The van der Waals surface area contributed by atoms with E-state index in [1.165, 1.54) is 12.8 Å². The number of rotatable bonds is 5. The van der Waals surface area contributed by atoms with Gasteiger partial charge in [0.25, 0.3) is 5.91 Å². The highest BCUT2D eigenvalue weighted by Crippen LogP contribution is 2.19. The number of hydrogen-bond donors (Lipinski definition) is 2. The Bertz CT molecular complexity index is 875. The summed E-state index contributed by atoms with van der Waals surface area (Å²) in [6.07, 6.45) is 2.42. The summed E-state index contributed by atoms with van der Waals surface area (Å²) in [5.41, 5.74) is 1.41. The van der Waals surface area contributed by atoms with Crippen LogP contribution in [0.15, 0.2) is 30.3 Å². The second-order valence-electron chi connectivity index (χ2n) is 9.36. The van der Waals surface area contributed by atoms with Gasteiger partial charge in [0.05, 0.1) is 0 Å². The zero-order valence-electron chi connectivity index (χ0n) is 18.9. The van der Waals surface area contributed by atoms with Crippen LogP contribution in [-0.2, 0) is 4.79 Å². The van der Waals surface area contributed by atoms with Crippen molar-refractivity contribution in [1.82, 2.24) is 25.0 Å². The molecule has 4 rings (SSSR count). The number of benzene rings is 1. The van der Waals surface area contributed by atoms with Gasteiger partial charge >= 0.3 is 0 Å². The summed E-state index contributed by atoms with van der Waals surface area (Å²) in [5, 5.41) is 3.98. The van der Waals surface area contributed by atoms with Gasteiger partial charge in [-0.2, -0.15) is 0 Å². The first-order chi connectivity index (χ1) is 14.9. The molecule has 7 nitrogen and oxygen atoms in total. The molecule has 1 atom stereocenters. The van der Waals surface area contributed by atoms with Crippen molar-refractivity contribution in [1.29, 1.82) is 0 Å². The molecule has 0 spiro atoms. The van der Waals surface area contributed by atoms with Gasteiger partial charge < -0.3 is 20.1 Å². The average molecular weight is 426 g/mol. The van der Waals surface area contributed by atoms with E-state index < -0.39 is 6.04 Å². The Kier molecular flexibility index (Phi) is 6.62. The number of nitrogens with zero attached hydrogens (tertiary/aromatic N) is 3. The van der Waals surface area contributed by atoms with E-state index in [4.69, 9.17) is 0 Å². The number of likely N-dealkylation sites (tertiary alicyclic amines) is 1. The molecule has 168 valence electrons. The molecule has 1 aromatic heterocycles. The first kappa shape index (κ1) is 21.8. The summed E-state index contributed by atoms with van der Waals surface area (Å²) in [4.78, 5) is 36.2. The van der Waals surface area contributed by atoms with Crippen LogP contribution < -0.4 is 5.32 Å². The number of amides is 2. The molecule has 7 heteroatoms. The number of aromatic nitrogens is 1. The van der Waals surface area contributed by atoms with Crippen LogP contribution in [0.2, 0.25) is 0 Å². The molecule has 3 heterocycles. The van der Waals surface area contributed by atoms with Crippen LogP contribution in [0.1, 0.15) is 37.2 Å². The zero-order valence-corrected chi connectivity index (χ0v) is 18.9. The minimum atomic E-state index is -0.520. The second kappa shape index (κ2) is 9.40. The maximum atomic E-state index is 13.3. The Labute approximate surface area is 184 Å². The number of fused-ring (bicyclic) bond motifs is 1. The molecule has 0 bridgehead atoms. The van der Waals surface area contributed by atoms with Gasteiger partial charge in [-0.05, 0) is 51.0 Å².